The van der Waals surface area contributed by atoms with Crippen molar-refractivity contribution in [3.05, 3.63) is 35.3 Å². The van der Waals surface area contributed by atoms with Gasteiger partial charge in [-0.2, -0.15) is 0 Å². The Morgan fingerprint density at radius 3 is 2.82 bits per heavy atom. The molecule has 22 heavy (non-hydrogen) atoms. The molecule has 0 bridgehead atoms. The van der Waals surface area contributed by atoms with E-state index in [0.29, 0.717) is 5.75 Å². The second-order valence-corrected chi connectivity index (χ2v) is 6.56. The van der Waals surface area contributed by atoms with Crippen LogP contribution in [-0.2, 0) is 10.5 Å². The maximum Gasteiger partial charge on any atom is 0.230 e. The monoisotopic (exact) mass is 336 g/mol. The molecule has 0 aliphatic carbocycles. The Kier molecular flexibility index (Phi) is 6.74. The van der Waals surface area contributed by atoms with Crippen LogP contribution >= 0.6 is 23.1 Å². The van der Waals surface area contributed by atoms with Crippen molar-refractivity contribution in [3.63, 3.8) is 0 Å². The van der Waals surface area contributed by atoms with E-state index in [2.05, 4.69) is 15.7 Å². The van der Waals surface area contributed by atoms with Crippen LogP contribution in [0, 0.1) is 0 Å². The first-order chi connectivity index (χ1) is 10.7. The van der Waals surface area contributed by atoms with Gasteiger partial charge in [-0.1, -0.05) is 6.92 Å². The SMILES string of the molecule is CCCNC(=O)CSCc1csc(-c2ccc(OC)cc2)n1. The van der Waals surface area contributed by atoms with Crippen molar-refractivity contribution in [1.29, 1.82) is 0 Å². The minimum atomic E-state index is 0.0949. The van der Waals surface area contributed by atoms with Crippen LogP contribution in [0.5, 0.6) is 5.75 Å². The molecular weight excluding hydrogens is 316 g/mol. The van der Waals surface area contributed by atoms with Gasteiger partial charge < -0.3 is 10.1 Å². The van der Waals surface area contributed by atoms with Gasteiger partial charge in [0.15, 0.2) is 0 Å². The molecule has 1 N–H and O–H groups in total. The molecule has 0 aliphatic heterocycles. The predicted octanol–water partition coefficient (Wildman–Crippen LogP) is 3.58. The minimum Gasteiger partial charge on any atom is -0.497 e. The number of rotatable bonds is 8. The first-order valence-electron chi connectivity index (χ1n) is 7.16. The Bertz CT molecular complexity index is 596. The fourth-order valence-electron chi connectivity index (χ4n) is 1.80. The van der Waals surface area contributed by atoms with Gasteiger partial charge in [-0.3, -0.25) is 4.79 Å². The number of thioether (sulfide) groups is 1. The number of nitrogens with zero attached hydrogens (tertiary/aromatic N) is 1. The molecule has 1 aromatic carbocycles. The summed E-state index contributed by atoms with van der Waals surface area (Å²) >= 11 is 3.21. The van der Waals surface area contributed by atoms with Gasteiger partial charge in [0.05, 0.1) is 18.6 Å². The topological polar surface area (TPSA) is 51.2 Å². The van der Waals surface area contributed by atoms with Crippen molar-refractivity contribution in [1.82, 2.24) is 10.3 Å². The molecule has 118 valence electrons. The molecule has 2 rings (SSSR count). The molecule has 0 aliphatic rings. The highest BCUT2D eigenvalue weighted by molar-refractivity contribution is 7.99. The first-order valence-corrected chi connectivity index (χ1v) is 9.19. The maximum absolute atomic E-state index is 11.5. The number of amides is 1. The molecule has 1 aromatic heterocycles. The highest BCUT2D eigenvalue weighted by Crippen LogP contribution is 2.26. The normalized spacial score (nSPS) is 10.5. The number of methoxy groups -OCH3 is 1. The van der Waals surface area contributed by atoms with Gasteiger partial charge >= 0.3 is 0 Å². The standard InChI is InChI=1S/C16H20N2O2S2/c1-3-8-17-15(19)11-21-9-13-10-22-16(18-13)12-4-6-14(20-2)7-5-12/h4-7,10H,3,8-9,11H2,1-2H3,(H,17,19). The third-order valence-electron chi connectivity index (χ3n) is 2.94. The Morgan fingerprint density at radius 2 is 2.14 bits per heavy atom. The van der Waals surface area contributed by atoms with Crippen LogP contribution in [0.25, 0.3) is 10.6 Å². The van der Waals surface area contributed by atoms with E-state index in [-0.39, 0.29) is 5.91 Å². The summed E-state index contributed by atoms with van der Waals surface area (Å²) in [6.45, 7) is 2.79. The van der Waals surface area contributed by atoms with Gasteiger partial charge in [-0.15, -0.1) is 23.1 Å². The third-order valence-corrected chi connectivity index (χ3v) is 4.85. The lowest BCUT2D eigenvalue weighted by molar-refractivity contribution is -0.118. The van der Waals surface area contributed by atoms with Crippen LogP contribution in [0.4, 0.5) is 0 Å². The summed E-state index contributed by atoms with van der Waals surface area (Å²) in [5.74, 6) is 2.17. The van der Waals surface area contributed by atoms with Crippen molar-refractivity contribution in [2.75, 3.05) is 19.4 Å². The molecule has 0 atom stereocenters. The number of ether oxygens (including phenoxy) is 1. The lowest BCUT2D eigenvalue weighted by atomic mass is 10.2. The summed E-state index contributed by atoms with van der Waals surface area (Å²) in [6.07, 6.45) is 0.966. The fourth-order valence-corrected chi connectivity index (χ4v) is 3.48. The largest absolute Gasteiger partial charge is 0.497 e. The Balaban J connectivity index is 1.84. The van der Waals surface area contributed by atoms with E-state index in [4.69, 9.17) is 4.74 Å². The van der Waals surface area contributed by atoms with Gasteiger partial charge in [0.25, 0.3) is 0 Å². The number of carbonyl (C=O) groups is 1. The van der Waals surface area contributed by atoms with Crippen molar-refractivity contribution in [2.24, 2.45) is 0 Å². The number of carbonyl (C=O) groups excluding carboxylic acids is 1. The van der Waals surface area contributed by atoms with Gasteiger partial charge in [-0.05, 0) is 30.7 Å². The molecule has 1 heterocycles. The van der Waals surface area contributed by atoms with Crippen LogP contribution < -0.4 is 10.1 Å². The molecule has 0 saturated heterocycles. The first kappa shape index (κ1) is 16.8. The molecule has 0 spiro atoms. The molecule has 0 radical (unpaired) electrons. The van der Waals surface area contributed by atoms with Crippen molar-refractivity contribution in [2.45, 2.75) is 19.1 Å². The fraction of sp³-hybridized carbons (Fsp3) is 0.375. The van der Waals surface area contributed by atoms with E-state index in [1.54, 1.807) is 30.2 Å². The number of thiazole rings is 1. The molecular formula is C16H20N2O2S2. The average molecular weight is 336 g/mol. The molecule has 1 amide bonds. The molecule has 0 unspecified atom stereocenters. The van der Waals surface area contributed by atoms with Crippen molar-refractivity contribution < 1.29 is 9.53 Å². The van der Waals surface area contributed by atoms with E-state index in [0.717, 1.165) is 40.7 Å². The number of benzene rings is 1. The average Bonchev–Trinajstić information content (AvgIpc) is 3.02. The van der Waals surface area contributed by atoms with Gasteiger partial charge in [0.2, 0.25) is 5.91 Å². The van der Waals surface area contributed by atoms with Crippen LogP contribution in [0.1, 0.15) is 19.0 Å². The highest BCUT2D eigenvalue weighted by atomic mass is 32.2. The number of hydrogen-bond acceptors (Lipinski definition) is 5. The van der Waals surface area contributed by atoms with Crippen molar-refractivity contribution in [3.8, 4) is 16.3 Å². The minimum absolute atomic E-state index is 0.0949. The second-order valence-electron chi connectivity index (χ2n) is 4.72. The zero-order valence-electron chi connectivity index (χ0n) is 12.8. The van der Waals surface area contributed by atoms with E-state index in [9.17, 15) is 4.79 Å². The number of aromatic nitrogens is 1. The summed E-state index contributed by atoms with van der Waals surface area (Å²) in [5, 5.41) is 5.92. The summed E-state index contributed by atoms with van der Waals surface area (Å²) in [6, 6.07) is 7.88. The van der Waals surface area contributed by atoms with E-state index < -0.39 is 0 Å². The van der Waals surface area contributed by atoms with E-state index in [1.165, 1.54) is 0 Å². The van der Waals surface area contributed by atoms with Crippen LogP contribution in [0.15, 0.2) is 29.6 Å². The van der Waals surface area contributed by atoms with Crippen LogP contribution in [0.3, 0.4) is 0 Å². The molecule has 6 heteroatoms. The van der Waals surface area contributed by atoms with Crippen LogP contribution in [-0.4, -0.2) is 30.3 Å². The molecule has 0 fully saturated rings. The Hall–Kier alpha value is -1.53. The highest BCUT2D eigenvalue weighted by Gasteiger charge is 2.06. The Morgan fingerprint density at radius 1 is 1.36 bits per heavy atom. The van der Waals surface area contributed by atoms with E-state index >= 15 is 0 Å². The quantitative estimate of drug-likeness (QED) is 0.800. The molecule has 0 saturated carbocycles. The van der Waals surface area contributed by atoms with Gasteiger partial charge in [0.1, 0.15) is 10.8 Å². The summed E-state index contributed by atoms with van der Waals surface area (Å²) in [7, 11) is 1.66. The molecule has 2 aromatic rings. The summed E-state index contributed by atoms with van der Waals surface area (Å²) in [4.78, 5) is 16.1. The second kappa shape index (κ2) is 8.80. The van der Waals surface area contributed by atoms with Gasteiger partial charge in [-0.25, -0.2) is 4.98 Å². The zero-order chi connectivity index (χ0) is 15.8. The van der Waals surface area contributed by atoms with Gasteiger partial charge in [0, 0.05) is 23.2 Å². The lowest BCUT2D eigenvalue weighted by Crippen LogP contribution is -2.25. The lowest BCUT2D eigenvalue weighted by Gasteiger charge is -2.02. The predicted molar refractivity (Wildman–Crippen MR) is 93.6 cm³/mol. The summed E-state index contributed by atoms with van der Waals surface area (Å²) < 4.78 is 5.16. The molecule has 4 nitrogen and oxygen atoms in total. The maximum atomic E-state index is 11.5. The smallest absolute Gasteiger partial charge is 0.230 e. The zero-order valence-corrected chi connectivity index (χ0v) is 14.4. The number of hydrogen-bond donors (Lipinski definition) is 1. The van der Waals surface area contributed by atoms with Crippen molar-refractivity contribution >= 4 is 29.0 Å². The van der Waals surface area contributed by atoms with E-state index in [1.807, 2.05) is 31.2 Å². The number of nitrogens with one attached hydrogen (secondary N) is 1. The summed E-state index contributed by atoms with van der Waals surface area (Å²) in [5.41, 5.74) is 2.10. The third kappa shape index (κ3) is 5.03. The van der Waals surface area contributed by atoms with Crippen LogP contribution in [0.2, 0.25) is 0 Å². The Labute approximate surface area is 139 Å².